The van der Waals surface area contributed by atoms with Crippen molar-refractivity contribution >= 4 is 0 Å². The van der Waals surface area contributed by atoms with Crippen LogP contribution in [0.5, 0.6) is 0 Å². The Morgan fingerprint density at radius 2 is 1.60 bits per heavy atom. The zero-order valence-electron chi connectivity index (χ0n) is 3.33. The van der Waals surface area contributed by atoms with Crippen LogP contribution >= 0.6 is 0 Å². The van der Waals surface area contributed by atoms with Crippen molar-refractivity contribution in [3.8, 4) is 0 Å². The molecule has 1 heterocycles. The van der Waals surface area contributed by atoms with Gasteiger partial charge in [0, 0.05) is 0 Å². The Bertz CT molecular complexity index is 15.2. The van der Waals surface area contributed by atoms with E-state index in [4.69, 9.17) is 0 Å². The van der Waals surface area contributed by atoms with E-state index < -0.39 is 0 Å². The fourth-order valence-electron chi connectivity index (χ4n) is 0.625. The van der Waals surface area contributed by atoms with Crippen molar-refractivity contribution in [2.45, 2.75) is 22.3 Å². The molecule has 0 aromatic heterocycles. The minimum absolute atomic E-state index is 0.639. The summed E-state index contributed by atoms with van der Waals surface area (Å²) in [5, 5.41) is 0. The Hall–Kier alpha value is 0.714. The third-order valence-electron chi connectivity index (χ3n) is 0.957. The van der Waals surface area contributed by atoms with Gasteiger partial charge in [0.05, 0.1) is 0 Å². The SMILES string of the molecule is C1C[CH2][Ti][CH2]1. The Morgan fingerprint density at radius 1 is 1.00 bits per heavy atom. The molecule has 0 aromatic carbocycles. The van der Waals surface area contributed by atoms with Crippen LogP contribution in [-0.4, -0.2) is 0 Å². The fraction of sp³-hybridized carbons (Fsp3) is 1.00. The molecule has 0 amide bonds. The molecule has 0 nitrogen and oxygen atoms in total. The predicted molar refractivity (Wildman–Crippen MR) is 18.8 cm³/mol. The van der Waals surface area contributed by atoms with Crippen molar-refractivity contribution in [2.75, 3.05) is 0 Å². The van der Waals surface area contributed by atoms with Gasteiger partial charge in [-0.2, -0.15) is 0 Å². The van der Waals surface area contributed by atoms with Crippen LogP contribution in [0.1, 0.15) is 12.8 Å². The van der Waals surface area contributed by atoms with Gasteiger partial charge in [0.2, 0.25) is 0 Å². The minimum atomic E-state index is 0.639. The van der Waals surface area contributed by atoms with Crippen LogP contribution < -0.4 is 0 Å². The summed E-state index contributed by atoms with van der Waals surface area (Å²) < 4.78 is 3.25. The molecule has 1 rings (SSSR count). The van der Waals surface area contributed by atoms with Gasteiger partial charge in [-0.1, -0.05) is 0 Å². The van der Waals surface area contributed by atoms with Gasteiger partial charge >= 0.3 is 41.4 Å². The van der Waals surface area contributed by atoms with Gasteiger partial charge in [-0.25, -0.2) is 0 Å². The zero-order valence-corrected chi connectivity index (χ0v) is 4.89. The molecule has 0 radical (unpaired) electrons. The molecular formula is C4H8Ti. The topological polar surface area (TPSA) is 0 Å². The summed E-state index contributed by atoms with van der Waals surface area (Å²) in [6.07, 6.45) is 3.11. The molecule has 0 atom stereocenters. The number of hydrogen-bond donors (Lipinski definition) is 0. The standard InChI is InChI=1S/C4H8.Ti/c1-3-4-2;/h1-4H2;. The van der Waals surface area contributed by atoms with Crippen LogP contribution in [0.2, 0.25) is 9.45 Å². The molecule has 0 saturated carbocycles. The first-order chi connectivity index (χ1) is 2.50. The molecular weight excluding hydrogens is 95.9 g/mol. The molecule has 28 valence electrons. The first kappa shape index (κ1) is 3.89. The summed E-state index contributed by atoms with van der Waals surface area (Å²) in [4.78, 5) is 0. The third-order valence-corrected chi connectivity index (χ3v) is 3.17. The number of hydrogen-bond acceptors (Lipinski definition) is 0. The monoisotopic (exact) mass is 104 g/mol. The third kappa shape index (κ3) is 1.06. The summed E-state index contributed by atoms with van der Waals surface area (Å²) in [5.74, 6) is 0. The molecule has 0 unspecified atom stereocenters. The summed E-state index contributed by atoms with van der Waals surface area (Å²) in [6.45, 7) is 0. The average Bonchev–Trinajstić information content (AvgIpc) is 1.76. The first-order valence-electron chi connectivity index (χ1n) is 2.21. The van der Waals surface area contributed by atoms with Crippen LogP contribution in [0.15, 0.2) is 0 Å². The molecule has 1 heteroatoms. The van der Waals surface area contributed by atoms with Crippen molar-refractivity contribution in [1.29, 1.82) is 0 Å². The van der Waals surface area contributed by atoms with Gasteiger partial charge < -0.3 is 0 Å². The fourth-order valence-corrected chi connectivity index (χ4v) is 2.58. The molecule has 0 aliphatic carbocycles. The summed E-state index contributed by atoms with van der Waals surface area (Å²) in [5.41, 5.74) is 0. The normalized spacial score (nSPS) is 22.4. The van der Waals surface area contributed by atoms with E-state index in [-0.39, 0.29) is 0 Å². The zero-order chi connectivity index (χ0) is 3.54. The van der Waals surface area contributed by atoms with Gasteiger partial charge in [-0.15, -0.1) is 0 Å². The van der Waals surface area contributed by atoms with Crippen LogP contribution in [0, 0.1) is 0 Å². The summed E-state index contributed by atoms with van der Waals surface area (Å²) >= 11 is 0.639. The van der Waals surface area contributed by atoms with E-state index in [0.717, 1.165) is 0 Å². The van der Waals surface area contributed by atoms with Crippen LogP contribution in [0.4, 0.5) is 0 Å². The predicted octanol–water partition coefficient (Wildman–Crippen LogP) is 1.70. The Morgan fingerprint density at radius 3 is 1.80 bits per heavy atom. The average molecular weight is 104 g/mol. The molecule has 0 spiro atoms. The molecule has 0 bridgehead atoms. The van der Waals surface area contributed by atoms with Crippen LogP contribution in [0.3, 0.4) is 0 Å². The van der Waals surface area contributed by atoms with E-state index in [9.17, 15) is 0 Å². The molecule has 0 N–H and O–H groups in total. The first-order valence-corrected chi connectivity index (χ1v) is 4.42. The molecule has 1 fully saturated rings. The van der Waals surface area contributed by atoms with E-state index in [1.807, 2.05) is 0 Å². The van der Waals surface area contributed by atoms with Crippen molar-refractivity contribution in [3.05, 3.63) is 0 Å². The van der Waals surface area contributed by atoms with Crippen LogP contribution in [0.25, 0.3) is 0 Å². The molecule has 5 heavy (non-hydrogen) atoms. The van der Waals surface area contributed by atoms with Gasteiger partial charge in [-0.05, 0) is 0 Å². The second-order valence-corrected chi connectivity index (χ2v) is 3.80. The molecule has 0 aromatic rings. The van der Waals surface area contributed by atoms with Crippen LogP contribution in [-0.2, 0) is 19.2 Å². The summed E-state index contributed by atoms with van der Waals surface area (Å²) in [6, 6.07) is 0. The molecule has 1 aliphatic heterocycles. The van der Waals surface area contributed by atoms with E-state index in [2.05, 4.69) is 0 Å². The second-order valence-electron chi connectivity index (χ2n) is 1.46. The van der Waals surface area contributed by atoms with E-state index in [1.165, 1.54) is 0 Å². The van der Waals surface area contributed by atoms with Crippen molar-refractivity contribution < 1.29 is 19.2 Å². The van der Waals surface area contributed by atoms with Gasteiger partial charge in [0.15, 0.2) is 0 Å². The second kappa shape index (κ2) is 1.99. The van der Waals surface area contributed by atoms with Crippen molar-refractivity contribution in [1.82, 2.24) is 0 Å². The molecule has 1 aliphatic rings. The maximum absolute atomic E-state index is 1.62. The van der Waals surface area contributed by atoms with E-state index in [0.29, 0.717) is 19.2 Å². The molecule has 1 saturated heterocycles. The quantitative estimate of drug-likeness (QED) is 0.410. The summed E-state index contributed by atoms with van der Waals surface area (Å²) in [7, 11) is 0. The Kier molecular flexibility index (Phi) is 1.55. The van der Waals surface area contributed by atoms with Gasteiger partial charge in [0.25, 0.3) is 0 Å². The Labute approximate surface area is 41.9 Å². The van der Waals surface area contributed by atoms with E-state index in [1.54, 1.807) is 22.3 Å². The Balaban J connectivity index is 2.08. The van der Waals surface area contributed by atoms with E-state index >= 15 is 0 Å². The number of rotatable bonds is 0. The maximum atomic E-state index is 1.62. The van der Waals surface area contributed by atoms with Gasteiger partial charge in [0.1, 0.15) is 0 Å². The van der Waals surface area contributed by atoms with Crippen molar-refractivity contribution in [3.63, 3.8) is 0 Å². The van der Waals surface area contributed by atoms with Gasteiger partial charge in [-0.3, -0.25) is 0 Å². The van der Waals surface area contributed by atoms with Crippen molar-refractivity contribution in [2.24, 2.45) is 0 Å².